The van der Waals surface area contributed by atoms with Crippen LogP contribution in [0.2, 0.25) is 0 Å². The summed E-state index contributed by atoms with van der Waals surface area (Å²) in [6, 6.07) is 4.03. The molecule has 7 heteroatoms. The van der Waals surface area contributed by atoms with E-state index in [1.165, 1.54) is 48.1 Å². The van der Waals surface area contributed by atoms with Gasteiger partial charge in [0.05, 0.1) is 11.4 Å². The molecule has 140 valence electrons. The quantitative estimate of drug-likeness (QED) is 0.868. The van der Waals surface area contributed by atoms with E-state index < -0.39 is 5.76 Å². The van der Waals surface area contributed by atoms with Crippen molar-refractivity contribution in [2.75, 3.05) is 0 Å². The van der Waals surface area contributed by atoms with E-state index in [0.717, 1.165) is 29.6 Å². The summed E-state index contributed by atoms with van der Waals surface area (Å²) in [5.74, 6) is 1.47. The molecular weight excluding hydrogens is 350 g/mol. The lowest BCUT2D eigenvalue weighted by atomic mass is 9.69. The SMILES string of the molecule is O=C(CCn1nc(-c2cccs2)oc1=O)N[C@@H]1CC[C@@H]2CCCC[C@@H]2C1. The van der Waals surface area contributed by atoms with Gasteiger partial charge in [-0.15, -0.1) is 16.4 Å². The highest BCUT2D eigenvalue weighted by Crippen LogP contribution is 2.40. The van der Waals surface area contributed by atoms with Gasteiger partial charge in [0.15, 0.2) is 0 Å². The van der Waals surface area contributed by atoms with Gasteiger partial charge in [0.1, 0.15) is 0 Å². The summed E-state index contributed by atoms with van der Waals surface area (Å²) >= 11 is 1.47. The van der Waals surface area contributed by atoms with Gasteiger partial charge in [-0.3, -0.25) is 4.79 Å². The summed E-state index contributed by atoms with van der Waals surface area (Å²) in [5, 5.41) is 9.26. The van der Waals surface area contributed by atoms with Crippen molar-refractivity contribution in [1.82, 2.24) is 15.1 Å². The van der Waals surface area contributed by atoms with Crippen LogP contribution in [0.15, 0.2) is 26.7 Å². The summed E-state index contributed by atoms with van der Waals surface area (Å²) in [4.78, 5) is 25.0. The van der Waals surface area contributed by atoms with Gasteiger partial charge >= 0.3 is 5.76 Å². The van der Waals surface area contributed by atoms with Crippen molar-refractivity contribution in [2.24, 2.45) is 11.8 Å². The summed E-state index contributed by atoms with van der Waals surface area (Å²) in [6.45, 7) is 0.248. The maximum atomic E-state index is 12.3. The van der Waals surface area contributed by atoms with E-state index in [0.29, 0.717) is 5.89 Å². The molecule has 3 atom stereocenters. The van der Waals surface area contributed by atoms with Gasteiger partial charge in [0.25, 0.3) is 5.89 Å². The molecule has 1 amide bonds. The fourth-order valence-electron chi connectivity index (χ4n) is 4.46. The molecule has 1 N–H and O–H groups in total. The summed E-state index contributed by atoms with van der Waals surface area (Å²) in [5.41, 5.74) is 0. The lowest BCUT2D eigenvalue weighted by Gasteiger charge is -2.39. The van der Waals surface area contributed by atoms with Crippen LogP contribution in [0.5, 0.6) is 0 Å². The Hall–Kier alpha value is -1.89. The zero-order chi connectivity index (χ0) is 17.9. The lowest BCUT2D eigenvalue weighted by molar-refractivity contribution is -0.122. The fraction of sp³-hybridized carbons (Fsp3) is 0.632. The molecule has 2 aromatic heterocycles. The molecule has 0 unspecified atom stereocenters. The Labute approximate surface area is 156 Å². The fourth-order valence-corrected chi connectivity index (χ4v) is 5.10. The second-order valence-corrected chi connectivity index (χ2v) is 8.45. The minimum absolute atomic E-state index is 0.00293. The van der Waals surface area contributed by atoms with Gasteiger partial charge in [-0.05, 0) is 42.5 Å². The number of thiophene rings is 1. The standard InChI is InChI=1S/C19H25N3O3S/c23-17(20-15-8-7-13-4-1-2-5-14(13)12-15)9-10-22-19(24)25-18(21-22)16-6-3-11-26-16/h3,6,11,13-15H,1-2,4-5,7-10,12H2,(H,20,23)/t13-,14+,15+/m0/s1. The van der Waals surface area contributed by atoms with E-state index in [1.54, 1.807) is 0 Å². The van der Waals surface area contributed by atoms with Gasteiger partial charge in [-0.1, -0.05) is 31.7 Å². The minimum Gasteiger partial charge on any atom is -0.387 e. The average molecular weight is 375 g/mol. The Morgan fingerprint density at radius 3 is 2.92 bits per heavy atom. The average Bonchev–Trinajstić information content (AvgIpc) is 3.29. The number of rotatable bonds is 5. The monoisotopic (exact) mass is 375 g/mol. The molecule has 2 aliphatic rings. The highest BCUT2D eigenvalue weighted by molar-refractivity contribution is 7.13. The topological polar surface area (TPSA) is 77.1 Å². The Kier molecular flexibility index (Phi) is 5.24. The van der Waals surface area contributed by atoms with Crippen molar-refractivity contribution < 1.29 is 9.21 Å². The van der Waals surface area contributed by atoms with Crippen LogP contribution in [0.25, 0.3) is 10.8 Å². The van der Waals surface area contributed by atoms with Crippen LogP contribution in [0.3, 0.4) is 0 Å². The number of aryl methyl sites for hydroxylation is 1. The van der Waals surface area contributed by atoms with E-state index in [1.807, 2.05) is 17.5 Å². The van der Waals surface area contributed by atoms with Crippen LogP contribution in [-0.4, -0.2) is 21.7 Å². The zero-order valence-corrected chi connectivity index (χ0v) is 15.7. The highest BCUT2D eigenvalue weighted by atomic mass is 32.1. The maximum Gasteiger partial charge on any atom is 0.437 e. The van der Waals surface area contributed by atoms with Gasteiger partial charge in [0, 0.05) is 12.5 Å². The molecule has 0 aliphatic heterocycles. The van der Waals surface area contributed by atoms with Crippen LogP contribution in [-0.2, 0) is 11.3 Å². The summed E-state index contributed by atoms with van der Waals surface area (Å²) in [6.07, 6.45) is 9.08. The molecule has 4 rings (SSSR count). The molecule has 2 aliphatic carbocycles. The molecule has 0 bridgehead atoms. The lowest BCUT2D eigenvalue weighted by Crippen LogP contribution is -2.42. The van der Waals surface area contributed by atoms with Crippen molar-refractivity contribution in [3.63, 3.8) is 0 Å². The van der Waals surface area contributed by atoms with E-state index >= 15 is 0 Å². The number of aromatic nitrogens is 2. The first-order valence-electron chi connectivity index (χ1n) is 9.60. The molecule has 0 radical (unpaired) electrons. The van der Waals surface area contributed by atoms with Crippen molar-refractivity contribution in [1.29, 1.82) is 0 Å². The van der Waals surface area contributed by atoms with Crippen LogP contribution >= 0.6 is 11.3 Å². The number of hydrogen-bond donors (Lipinski definition) is 1. The van der Waals surface area contributed by atoms with Crippen LogP contribution < -0.4 is 11.1 Å². The Morgan fingerprint density at radius 1 is 1.27 bits per heavy atom. The van der Waals surface area contributed by atoms with E-state index in [9.17, 15) is 9.59 Å². The Balaban J connectivity index is 1.28. The Morgan fingerprint density at radius 2 is 2.12 bits per heavy atom. The Bertz CT molecular complexity index is 795. The van der Waals surface area contributed by atoms with E-state index in [-0.39, 0.29) is 24.9 Å². The number of nitrogens with one attached hydrogen (secondary N) is 1. The number of carbonyl (C=O) groups excluding carboxylic acids is 1. The molecule has 2 saturated carbocycles. The number of fused-ring (bicyclic) bond motifs is 1. The first kappa shape index (κ1) is 17.5. The molecule has 2 heterocycles. The molecule has 26 heavy (non-hydrogen) atoms. The first-order chi connectivity index (χ1) is 12.7. The first-order valence-corrected chi connectivity index (χ1v) is 10.5. The molecule has 0 aromatic carbocycles. The zero-order valence-electron chi connectivity index (χ0n) is 14.9. The number of hydrogen-bond acceptors (Lipinski definition) is 5. The molecule has 6 nitrogen and oxygen atoms in total. The van der Waals surface area contributed by atoms with Gasteiger partial charge in [0.2, 0.25) is 5.91 Å². The molecule has 2 fully saturated rings. The predicted octanol–water partition coefficient (Wildman–Crippen LogP) is 3.43. The smallest absolute Gasteiger partial charge is 0.387 e. The molecule has 0 saturated heterocycles. The number of amides is 1. The predicted molar refractivity (Wildman–Crippen MR) is 99.9 cm³/mol. The van der Waals surface area contributed by atoms with Crippen LogP contribution in [0.4, 0.5) is 0 Å². The van der Waals surface area contributed by atoms with Crippen molar-refractivity contribution in [3.05, 3.63) is 28.1 Å². The van der Waals surface area contributed by atoms with Crippen molar-refractivity contribution in [3.8, 4) is 10.8 Å². The van der Waals surface area contributed by atoms with Crippen molar-refractivity contribution >= 4 is 17.2 Å². The van der Waals surface area contributed by atoms with Gasteiger partial charge < -0.3 is 9.73 Å². The third-order valence-electron chi connectivity index (χ3n) is 5.79. The maximum absolute atomic E-state index is 12.3. The largest absolute Gasteiger partial charge is 0.437 e. The third kappa shape index (κ3) is 3.92. The van der Waals surface area contributed by atoms with Crippen molar-refractivity contribution in [2.45, 2.75) is 64.0 Å². The molecule has 0 spiro atoms. The van der Waals surface area contributed by atoms with Crippen LogP contribution in [0.1, 0.15) is 51.4 Å². The second kappa shape index (κ2) is 7.78. The van der Waals surface area contributed by atoms with E-state index in [2.05, 4.69) is 10.4 Å². The third-order valence-corrected chi connectivity index (χ3v) is 6.65. The number of carbonyl (C=O) groups is 1. The van der Waals surface area contributed by atoms with Gasteiger partial charge in [-0.2, -0.15) is 4.68 Å². The van der Waals surface area contributed by atoms with E-state index in [4.69, 9.17) is 4.42 Å². The summed E-state index contributed by atoms with van der Waals surface area (Å²) < 4.78 is 6.42. The van der Waals surface area contributed by atoms with Gasteiger partial charge in [-0.25, -0.2) is 4.79 Å². The van der Waals surface area contributed by atoms with Crippen LogP contribution in [0, 0.1) is 11.8 Å². The molecular formula is C19H25N3O3S. The molecule has 2 aromatic rings. The highest BCUT2D eigenvalue weighted by Gasteiger charge is 2.32. The normalized spacial score (nSPS) is 25.6. The second-order valence-electron chi connectivity index (χ2n) is 7.51. The number of nitrogens with zero attached hydrogens (tertiary/aromatic N) is 2. The summed E-state index contributed by atoms with van der Waals surface area (Å²) in [7, 11) is 0. The minimum atomic E-state index is -0.510.